The average molecular weight is 354 g/mol. The maximum absolute atomic E-state index is 9.36. The summed E-state index contributed by atoms with van der Waals surface area (Å²) in [6.45, 7) is -0.0156. The van der Waals surface area contributed by atoms with Gasteiger partial charge in [-0.2, -0.15) is 5.26 Å². The van der Waals surface area contributed by atoms with Crippen molar-refractivity contribution in [3.8, 4) is 11.8 Å². The Balaban J connectivity index is 1.88. The lowest BCUT2D eigenvalue weighted by Gasteiger charge is -2.24. The van der Waals surface area contributed by atoms with Crippen LogP contribution in [0.5, 0.6) is 5.75 Å². The van der Waals surface area contributed by atoms with Gasteiger partial charge in [-0.1, -0.05) is 36.4 Å². The summed E-state index contributed by atoms with van der Waals surface area (Å²) in [5, 5.41) is 27.9. The number of benzene rings is 2. The smallest absolute Gasteiger partial charge is 0.137 e. The maximum atomic E-state index is 9.36. The van der Waals surface area contributed by atoms with Crippen LogP contribution in [0.4, 0.5) is 0 Å². The van der Waals surface area contributed by atoms with E-state index in [0.29, 0.717) is 30.8 Å². The Labute approximate surface area is 154 Å². The van der Waals surface area contributed by atoms with Crippen LogP contribution in [-0.4, -0.2) is 35.6 Å². The van der Waals surface area contributed by atoms with Crippen molar-refractivity contribution in [1.29, 1.82) is 5.26 Å². The summed E-state index contributed by atoms with van der Waals surface area (Å²) in [6.07, 6.45) is 2.81. The largest absolute Gasteiger partial charge is 0.492 e. The van der Waals surface area contributed by atoms with Crippen molar-refractivity contribution in [2.75, 3.05) is 19.8 Å². The fourth-order valence-corrected chi connectivity index (χ4v) is 2.65. The predicted octanol–water partition coefficient (Wildman–Crippen LogP) is 2.18. The van der Waals surface area contributed by atoms with E-state index < -0.39 is 5.54 Å². The zero-order chi connectivity index (χ0) is 18.8. The third-order valence-electron chi connectivity index (χ3n) is 4.42. The Hall–Kier alpha value is -2.39. The Kier molecular flexibility index (Phi) is 7.61. The van der Waals surface area contributed by atoms with Gasteiger partial charge in [0.05, 0.1) is 30.9 Å². The number of rotatable bonds is 10. The minimum Gasteiger partial charge on any atom is -0.492 e. The van der Waals surface area contributed by atoms with Crippen LogP contribution in [0.15, 0.2) is 48.5 Å². The van der Waals surface area contributed by atoms with E-state index in [9.17, 15) is 15.5 Å². The van der Waals surface area contributed by atoms with Crippen LogP contribution >= 0.6 is 0 Å². The van der Waals surface area contributed by atoms with Crippen LogP contribution in [0.3, 0.4) is 0 Å². The van der Waals surface area contributed by atoms with Crippen molar-refractivity contribution in [3.05, 3.63) is 65.2 Å². The van der Waals surface area contributed by atoms with Gasteiger partial charge in [0.15, 0.2) is 0 Å². The molecule has 138 valence electrons. The molecule has 26 heavy (non-hydrogen) atoms. The topological polar surface area (TPSA) is 99.5 Å². The van der Waals surface area contributed by atoms with Crippen molar-refractivity contribution in [1.82, 2.24) is 0 Å². The summed E-state index contributed by atoms with van der Waals surface area (Å²) in [5.41, 5.74) is 7.56. The van der Waals surface area contributed by atoms with Gasteiger partial charge in [-0.15, -0.1) is 0 Å². The van der Waals surface area contributed by atoms with E-state index in [0.717, 1.165) is 18.4 Å². The van der Waals surface area contributed by atoms with Crippen molar-refractivity contribution < 1.29 is 14.9 Å². The molecular formula is C21H26N2O3. The Bertz CT molecular complexity index is 722. The highest BCUT2D eigenvalue weighted by molar-refractivity contribution is 5.45. The van der Waals surface area contributed by atoms with Gasteiger partial charge >= 0.3 is 0 Å². The molecule has 0 aromatic heterocycles. The molecule has 2 rings (SSSR count). The van der Waals surface area contributed by atoms with E-state index in [1.807, 2.05) is 24.3 Å². The number of ether oxygens (including phenoxy) is 1. The first-order valence-corrected chi connectivity index (χ1v) is 8.80. The predicted molar refractivity (Wildman–Crippen MR) is 101 cm³/mol. The lowest BCUT2D eigenvalue weighted by atomic mass is 9.93. The first-order chi connectivity index (χ1) is 12.6. The molecule has 0 atom stereocenters. The number of nitrogens with zero attached hydrogens (tertiary/aromatic N) is 1. The van der Waals surface area contributed by atoms with Crippen LogP contribution in [0.1, 0.15) is 29.5 Å². The SMILES string of the molecule is N#Cc1cc(CCC(N)(CO)CO)ccc1OCCCc1ccccc1. The summed E-state index contributed by atoms with van der Waals surface area (Å²) in [7, 11) is 0. The van der Waals surface area contributed by atoms with Crippen molar-refractivity contribution in [2.45, 2.75) is 31.2 Å². The Morgan fingerprint density at radius 2 is 1.73 bits per heavy atom. The number of hydrogen-bond acceptors (Lipinski definition) is 5. The van der Waals surface area contributed by atoms with E-state index in [2.05, 4.69) is 18.2 Å². The van der Waals surface area contributed by atoms with E-state index in [-0.39, 0.29) is 13.2 Å². The van der Waals surface area contributed by atoms with Crippen LogP contribution in [0.2, 0.25) is 0 Å². The molecule has 0 amide bonds. The lowest BCUT2D eigenvalue weighted by molar-refractivity contribution is 0.115. The molecule has 0 radical (unpaired) electrons. The van der Waals surface area contributed by atoms with Gasteiger partial charge in [-0.3, -0.25) is 0 Å². The Morgan fingerprint density at radius 1 is 1.00 bits per heavy atom. The molecule has 0 aliphatic heterocycles. The lowest BCUT2D eigenvalue weighted by Crippen LogP contribution is -2.47. The van der Waals surface area contributed by atoms with Gasteiger partial charge in [0.1, 0.15) is 11.8 Å². The van der Waals surface area contributed by atoms with Crippen LogP contribution < -0.4 is 10.5 Å². The highest BCUT2D eigenvalue weighted by Crippen LogP contribution is 2.22. The van der Waals surface area contributed by atoms with Crippen LogP contribution in [0, 0.1) is 11.3 Å². The summed E-state index contributed by atoms with van der Waals surface area (Å²) in [6, 6.07) is 17.8. The summed E-state index contributed by atoms with van der Waals surface area (Å²) in [5.74, 6) is 0.577. The molecule has 0 aliphatic rings. The van der Waals surface area contributed by atoms with Crippen molar-refractivity contribution in [3.63, 3.8) is 0 Å². The van der Waals surface area contributed by atoms with Gasteiger partial charge in [0.2, 0.25) is 0 Å². The first-order valence-electron chi connectivity index (χ1n) is 8.80. The molecule has 0 fully saturated rings. The van der Waals surface area contributed by atoms with Crippen molar-refractivity contribution in [2.24, 2.45) is 5.73 Å². The second kappa shape index (κ2) is 9.93. The number of hydrogen-bond donors (Lipinski definition) is 3. The van der Waals surface area contributed by atoms with Gasteiger partial charge in [-0.05, 0) is 48.9 Å². The highest BCUT2D eigenvalue weighted by Gasteiger charge is 2.22. The third kappa shape index (κ3) is 5.85. The third-order valence-corrected chi connectivity index (χ3v) is 4.42. The molecule has 0 aliphatic carbocycles. The maximum Gasteiger partial charge on any atom is 0.137 e. The quantitative estimate of drug-likeness (QED) is 0.568. The molecule has 0 unspecified atom stereocenters. The van der Waals surface area contributed by atoms with E-state index >= 15 is 0 Å². The fourth-order valence-electron chi connectivity index (χ4n) is 2.65. The molecule has 0 saturated heterocycles. The zero-order valence-electron chi connectivity index (χ0n) is 14.9. The molecule has 2 aromatic carbocycles. The summed E-state index contributed by atoms with van der Waals surface area (Å²) in [4.78, 5) is 0. The molecule has 2 aromatic rings. The number of aliphatic hydroxyl groups excluding tert-OH is 2. The molecule has 4 N–H and O–H groups in total. The molecule has 0 heterocycles. The van der Waals surface area contributed by atoms with E-state index in [1.54, 1.807) is 12.1 Å². The number of nitriles is 1. The molecule has 0 bridgehead atoms. The average Bonchev–Trinajstić information content (AvgIpc) is 2.70. The summed E-state index contributed by atoms with van der Waals surface area (Å²) >= 11 is 0. The van der Waals surface area contributed by atoms with Gasteiger partial charge in [0, 0.05) is 0 Å². The number of nitrogens with two attached hydrogens (primary N) is 1. The minimum absolute atomic E-state index is 0.281. The molecule has 5 heteroatoms. The molecule has 0 spiro atoms. The van der Waals surface area contributed by atoms with E-state index in [4.69, 9.17) is 10.5 Å². The molecular weight excluding hydrogens is 328 g/mol. The number of aryl methyl sites for hydroxylation is 2. The first kappa shape index (κ1) is 19.9. The summed E-state index contributed by atoms with van der Waals surface area (Å²) < 4.78 is 5.77. The Morgan fingerprint density at radius 3 is 2.38 bits per heavy atom. The van der Waals surface area contributed by atoms with Crippen LogP contribution in [-0.2, 0) is 12.8 Å². The van der Waals surface area contributed by atoms with Crippen LogP contribution in [0.25, 0.3) is 0 Å². The monoisotopic (exact) mass is 354 g/mol. The zero-order valence-corrected chi connectivity index (χ0v) is 14.9. The standard InChI is InChI=1S/C21H26N2O3/c22-14-19-13-18(10-11-21(23,15-24)16-25)8-9-20(19)26-12-4-7-17-5-2-1-3-6-17/h1-3,5-6,8-9,13,24-25H,4,7,10-12,15-16,23H2. The second-order valence-corrected chi connectivity index (χ2v) is 6.56. The minimum atomic E-state index is -1.00. The highest BCUT2D eigenvalue weighted by atomic mass is 16.5. The van der Waals surface area contributed by atoms with Gasteiger partial charge < -0.3 is 20.7 Å². The fraction of sp³-hybridized carbons (Fsp3) is 0.381. The van der Waals surface area contributed by atoms with Gasteiger partial charge in [0.25, 0.3) is 0 Å². The normalized spacial score (nSPS) is 11.2. The molecule has 5 nitrogen and oxygen atoms in total. The second-order valence-electron chi connectivity index (χ2n) is 6.56. The number of aliphatic hydroxyl groups is 2. The van der Waals surface area contributed by atoms with Crippen molar-refractivity contribution >= 4 is 0 Å². The van der Waals surface area contributed by atoms with E-state index in [1.165, 1.54) is 5.56 Å². The molecule has 0 saturated carbocycles. The van der Waals surface area contributed by atoms with Gasteiger partial charge in [-0.25, -0.2) is 0 Å².